The molecule has 0 aliphatic carbocycles. The van der Waals surface area contributed by atoms with E-state index in [1.807, 2.05) is 13.0 Å². The van der Waals surface area contributed by atoms with Crippen LogP contribution in [0.25, 0.3) is 0 Å². The van der Waals surface area contributed by atoms with Crippen LogP contribution < -0.4 is 10.6 Å². The van der Waals surface area contributed by atoms with E-state index in [0.29, 0.717) is 23.6 Å². The van der Waals surface area contributed by atoms with Crippen molar-refractivity contribution in [1.29, 1.82) is 0 Å². The Morgan fingerprint density at radius 3 is 2.50 bits per heavy atom. The molecule has 1 aromatic carbocycles. The average Bonchev–Trinajstić information content (AvgIpc) is 2.48. The van der Waals surface area contributed by atoms with Crippen LogP contribution in [0.3, 0.4) is 0 Å². The normalized spacial score (nSPS) is 11.0. The molecule has 0 unspecified atom stereocenters. The number of carbonyl (C=O) groups is 2. The summed E-state index contributed by atoms with van der Waals surface area (Å²) in [7, 11) is 1.53. The van der Waals surface area contributed by atoms with E-state index in [4.69, 9.17) is 9.47 Å². The van der Waals surface area contributed by atoms with Crippen LogP contribution in [0.5, 0.6) is 0 Å². The summed E-state index contributed by atoms with van der Waals surface area (Å²) in [5.74, 6) is -0.165. The second-order valence-electron chi connectivity index (χ2n) is 4.58. The van der Waals surface area contributed by atoms with Crippen molar-refractivity contribution < 1.29 is 19.1 Å². The van der Waals surface area contributed by atoms with Gasteiger partial charge in [0.1, 0.15) is 6.61 Å². The Morgan fingerprint density at radius 2 is 1.86 bits per heavy atom. The molecule has 0 atom stereocenters. The van der Waals surface area contributed by atoms with Crippen molar-refractivity contribution in [2.75, 3.05) is 31.0 Å². The van der Waals surface area contributed by atoms with Gasteiger partial charge in [0.2, 0.25) is 0 Å². The van der Waals surface area contributed by atoms with Crippen LogP contribution in [0.1, 0.15) is 20.3 Å². The van der Waals surface area contributed by atoms with Crippen molar-refractivity contribution >= 4 is 23.4 Å². The van der Waals surface area contributed by atoms with Crippen LogP contribution >= 0.6 is 0 Å². The molecule has 0 saturated carbocycles. The van der Waals surface area contributed by atoms with Gasteiger partial charge in [-0.2, -0.15) is 0 Å². The van der Waals surface area contributed by atoms with Crippen molar-refractivity contribution in [3.63, 3.8) is 0 Å². The number of amides is 2. The van der Waals surface area contributed by atoms with Crippen LogP contribution in [0, 0.1) is 0 Å². The van der Waals surface area contributed by atoms with Gasteiger partial charge in [-0.15, -0.1) is 0 Å². The average molecular weight is 306 g/mol. The summed E-state index contributed by atoms with van der Waals surface area (Å²) in [4.78, 5) is 23.4. The molecule has 0 aliphatic rings. The van der Waals surface area contributed by atoms with Crippen LogP contribution in [0.15, 0.2) is 35.9 Å². The van der Waals surface area contributed by atoms with Gasteiger partial charge in [-0.05, 0) is 31.5 Å². The lowest BCUT2D eigenvalue weighted by Gasteiger charge is -2.09. The molecule has 6 heteroatoms. The summed E-state index contributed by atoms with van der Waals surface area (Å²) in [5.41, 5.74) is 1.79. The largest absolute Gasteiger partial charge is 0.447 e. The molecule has 0 bridgehead atoms. The number of ether oxygens (including phenoxy) is 2. The summed E-state index contributed by atoms with van der Waals surface area (Å²) in [5, 5.41) is 5.36. The number of allylic oxidation sites excluding steroid dienone is 1. The molecule has 0 radical (unpaired) electrons. The molecular weight excluding hydrogens is 284 g/mol. The summed E-state index contributed by atoms with van der Waals surface area (Å²) in [6, 6.07) is 6.86. The van der Waals surface area contributed by atoms with Crippen LogP contribution in [-0.2, 0) is 14.3 Å². The Kier molecular flexibility index (Phi) is 7.70. The van der Waals surface area contributed by atoms with Crippen molar-refractivity contribution in [1.82, 2.24) is 0 Å². The molecule has 0 aromatic heterocycles. The number of methoxy groups -OCH3 is 1. The van der Waals surface area contributed by atoms with Crippen LogP contribution in [0.2, 0.25) is 0 Å². The fourth-order valence-electron chi connectivity index (χ4n) is 1.67. The topological polar surface area (TPSA) is 76.7 Å². The SMILES string of the molecule is CC/C=C(\C)C(=O)Nc1cccc(NC(=O)OCCOC)c1. The number of carbonyl (C=O) groups excluding carboxylic acids is 2. The van der Waals surface area contributed by atoms with Gasteiger partial charge in [0, 0.05) is 24.1 Å². The second kappa shape index (κ2) is 9.57. The number of rotatable bonds is 7. The third-order valence-corrected chi connectivity index (χ3v) is 2.76. The molecule has 22 heavy (non-hydrogen) atoms. The molecule has 0 fully saturated rings. The Balaban J connectivity index is 2.60. The molecule has 0 spiro atoms. The molecule has 0 aliphatic heterocycles. The summed E-state index contributed by atoms with van der Waals surface area (Å²) in [6.45, 7) is 4.25. The maximum Gasteiger partial charge on any atom is 0.411 e. The Labute approximate surface area is 130 Å². The fourth-order valence-corrected chi connectivity index (χ4v) is 1.67. The molecule has 1 aromatic rings. The second-order valence-corrected chi connectivity index (χ2v) is 4.58. The van der Waals surface area contributed by atoms with Gasteiger partial charge in [-0.3, -0.25) is 10.1 Å². The van der Waals surface area contributed by atoms with E-state index in [1.165, 1.54) is 7.11 Å². The monoisotopic (exact) mass is 306 g/mol. The quantitative estimate of drug-likeness (QED) is 0.599. The van der Waals surface area contributed by atoms with Gasteiger partial charge >= 0.3 is 6.09 Å². The standard InChI is InChI=1S/C16H22N2O4/c1-4-6-12(2)15(19)17-13-7-5-8-14(11-13)18-16(20)22-10-9-21-3/h5-8,11H,4,9-10H2,1-3H3,(H,17,19)(H,18,20)/b12-6+. The minimum atomic E-state index is -0.567. The number of hydrogen-bond acceptors (Lipinski definition) is 4. The number of benzene rings is 1. The molecule has 0 heterocycles. The van der Waals surface area contributed by atoms with Gasteiger partial charge in [0.25, 0.3) is 5.91 Å². The molecule has 6 nitrogen and oxygen atoms in total. The molecule has 1 rings (SSSR count). The van der Waals surface area contributed by atoms with Crippen LogP contribution in [0.4, 0.5) is 16.2 Å². The van der Waals surface area contributed by atoms with Gasteiger partial charge < -0.3 is 14.8 Å². The summed E-state index contributed by atoms with van der Waals surface area (Å²) >= 11 is 0. The number of hydrogen-bond donors (Lipinski definition) is 2. The summed E-state index contributed by atoms with van der Waals surface area (Å²) in [6.07, 6.45) is 2.08. The lowest BCUT2D eigenvalue weighted by molar-refractivity contribution is -0.112. The van der Waals surface area contributed by atoms with E-state index in [0.717, 1.165) is 6.42 Å². The van der Waals surface area contributed by atoms with E-state index in [9.17, 15) is 9.59 Å². The van der Waals surface area contributed by atoms with Crippen molar-refractivity contribution in [2.24, 2.45) is 0 Å². The van der Waals surface area contributed by atoms with Crippen molar-refractivity contribution in [3.05, 3.63) is 35.9 Å². The third-order valence-electron chi connectivity index (χ3n) is 2.76. The minimum absolute atomic E-state index is 0.165. The van der Waals surface area contributed by atoms with Crippen molar-refractivity contribution in [3.8, 4) is 0 Å². The first-order valence-electron chi connectivity index (χ1n) is 7.07. The highest BCUT2D eigenvalue weighted by atomic mass is 16.6. The Hall–Kier alpha value is -2.34. The smallest absolute Gasteiger partial charge is 0.411 e. The van der Waals surface area contributed by atoms with E-state index >= 15 is 0 Å². The van der Waals surface area contributed by atoms with E-state index in [2.05, 4.69) is 10.6 Å². The number of anilines is 2. The molecular formula is C16H22N2O4. The van der Waals surface area contributed by atoms with E-state index in [-0.39, 0.29) is 12.5 Å². The van der Waals surface area contributed by atoms with Crippen LogP contribution in [-0.4, -0.2) is 32.3 Å². The summed E-state index contributed by atoms with van der Waals surface area (Å²) < 4.78 is 9.70. The Bertz CT molecular complexity index is 541. The highest BCUT2D eigenvalue weighted by Gasteiger charge is 2.07. The molecule has 120 valence electrons. The first kappa shape index (κ1) is 17.7. The number of nitrogens with one attached hydrogen (secondary N) is 2. The zero-order chi connectivity index (χ0) is 16.4. The predicted octanol–water partition coefficient (Wildman–Crippen LogP) is 3.18. The molecule has 2 N–H and O–H groups in total. The Morgan fingerprint density at radius 1 is 1.18 bits per heavy atom. The zero-order valence-electron chi connectivity index (χ0n) is 13.1. The lowest BCUT2D eigenvalue weighted by Crippen LogP contribution is -2.17. The first-order valence-corrected chi connectivity index (χ1v) is 7.07. The van der Waals surface area contributed by atoms with Gasteiger partial charge in [0.15, 0.2) is 0 Å². The maximum absolute atomic E-state index is 11.9. The first-order chi connectivity index (χ1) is 10.6. The highest BCUT2D eigenvalue weighted by molar-refractivity contribution is 6.03. The third kappa shape index (κ3) is 6.41. The van der Waals surface area contributed by atoms with Gasteiger partial charge in [-0.1, -0.05) is 19.1 Å². The molecule has 2 amide bonds. The maximum atomic E-state index is 11.9. The van der Waals surface area contributed by atoms with E-state index < -0.39 is 6.09 Å². The highest BCUT2D eigenvalue weighted by Crippen LogP contribution is 2.16. The lowest BCUT2D eigenvalue weighted by atomic mass is 10.2. The van der Waals surface area contributed by atoms with Crippen molar-refractivity contribution in [2.45, 2.75) is 20.3 Å². The van der Waals surface area contributed by atoms with Gasteiger partial charge in [-0.25, -0.2) is 4.79 Å². The minimum Gasteiger partial charge on any atom is -0.447 e. The van der Waals surface area contributed by atoms with E-state index in [1.54, 1.807) is 31.2 Å². The predicted molar refractivity (Wildman–Crippen MR) is 86.0 cm³/mol. The zero-order valence-corrected chi connectivity index (χ0v) is 13.1. The molecule has 0 saturated heterocycles. The fraction of sp³-hybridized carbons (Fsp3) is 0.375. The van der Waals surface area contributed by atoms with Gasteiger partial charge in [0.05, 0.1) is 6.61 Å².